The summed E-state index contributed by atoms with van der Waals surface area (Å²) in [4.78, 5) is 0. The Kier molecular flexibility index (Phi) is 8.18. The van der Waals surface area contributed by atoms with Crippen molar-refractivity contribution in [3.05, 3.63) is 0 Å². The second kappa shape index (κ2) is 8.10. The molecule has 0 aromatic heterocycles. The molecule has 3 nitrogen and oxygen atoms in total. The van der Waals surface area contributed by atoms with Gasteiger partial charge in [-0.15, -0.1) is 0 Å². The van der Waals surface area contributed by atoms with Crippen molar-refractivity contribution in [2.24, 2.45) is 0 Å². The fourth-order valence-corrected chi connectivity index (χ4v) is 0.510. The van der Waals surface area contributed by atoms with E-state index < -0.39 is 0 Å². The quantitative estimate of drug-likeness (QED) is 0.284. The molecule has 4 heteroatoms. The lowest BCUT2D eigenvalue weighted by Gasteiger charge is -2.01. The molecule has 0 rings (SSSR count). The van der Waals surface area contributed by atoms with Gasteiger partial charge in [-0.2, -0.15) is 0 Å². The van der Waals surface area contributed by atoms with Crippen LogP contribution in [0.2, 0.25) is 0 Å². The van der Waals surface area contributed by atoms with Crippen LogP contribution in [0.5, 0.6) is 0 Å². The van der Waals surface area contributed by atoms with Crippen molar-refractivity contribution >= 4 is 10.5 Å². The van der Waals surface area contributed by atoms with Gasteiger partial charge in [-0.3, -0.25) is 0 Å². The first-order valence-electron chi connectivity index (χ1n) is 3.06. The monoisotopic (exact) mass is 150 g/mol. The van der Waals surface area contributed by atoms with Gasteiger partial charge in [0.25, 0.3) is 0 Å². The third-order valence-electron chi connectivity index (χ3n) is 0.803. The molecule has 0 saturated heterocycles. The smallest absolute Gasteiger partial charge is 0.146 e. The maximum absolute atomic E-state index is 4.99. The highest BCUT2D eigenvalue weighted by Gasteiger charge is 1.83. The van der Waals surface area contributed by atoms with E-state index in [9.17, 15) is 0 Å². The fraction of sp³-hybridized carbons (Fsp3) is 1.00. The Morgan fingerprint density at radius 3 is 2.56 bits per heavy atom. The van der Waals surface area contributed by atoms with Crippen LogP contribution < -0.4 is 0 Å². The van der Waals surface area contributed by atoms with Crippen molar-refractivity contribution in [3.8, 4) is 0 Å². The van der Waals surface area contributed by atoms with Gasteiger partial charge in [-0.05, 0) is 6.92 Å². The molecule has 0 unspecified atom stereocenters. The van der Waals surface area contributed by atoms with Gasteiger partial charge in [-0.25, -0.2) is 0 Å². The Balaban J connectivity index is 2.60. The summed E-state index contributed by atoms with van der Waals surface area (Å²) >= 11 is 0. The highest BCUT2D eigenvalue weighted by molar-refractivity contribution is 5.97. The van der Waals surface area contributed by atoms with E-state index in [2.05, 4.69) is 0 Å². The van der Waals surface area contributed by atoms with E-state index in [1.165, 1.54) is 0 Å². The molecule has 56 valence electrons. The predicted octanol–water partition coefficient (Wildman–Crippen LogP) is -0.706. The van der Waals surface area contributed by atoms with Gasteiger partial charge in [-0.1, -0.05) is 0 Å². The largest absolute Gasteiger partial charge is 0.426 e. The molecule has 0 aliphatic heterocycles. The summed E-state index contributed by atoms with van der Waals surface area (Å²) in [5.74, 6) is 0. The third kappa shape index (κ3) is 8.10. The van der Waals surface area contributed by atoms with Crippen LogP contribution in [0.3, 0.4) is 0 Å². The van der Waals surface area contributed by atoms with Crippen LogP contribution >= 0.6 is 0 Å². The van der Waals surface area contributed by atoms with Crippen LogP contribution in [-0.4, -0.2) is 37.1 Å². The Morgan fingerprint density at radius 2 is 2.00 bits per heavy atom. The molecule has 0 amide bonds. The minimum Gasteiger partial charge on any atom is -0.426 e. The Morgan fingerprint density at radius 1 is 1.22 bits per heavy atom. The lowest BCUT2D eigenvalue weighted by atomic mass is 10.8. The van der Waals surface area contributed by atoms with E-state index in [0.717, 1.165) is 10.5 Å². The molecule has 0 N–H and O–H groups in total. The van der Waals surface area contributed by atoms with E-state index in [0.29, 0.717) is 26.6 Å². The van der Waals surface area contributed by atoms with E-state index in [4.69, 9.17) is 13.9 Å². The first-order chi connectivity index (χ1) is 4.41. The van der Waals surface area contributed by atoms with Crippen molar-refractivity contribution in [1.82, 2.24) is 0 Å². The SMILES string of the molecule is CCOCOCCO[SiH3]. The zero-order chi connectivity index (χ0) is 6.95. The summed E-state index contributed by atoms with van der Waals surface area (Å²) in [6.45, 7) is 4.37. The summed E-state index contributed by atoms with van der Waals surface area (Å²) in [7, 11) is 0.787. The van der Waals surface area contributed by atoms with Crippen LogP contribution in [0.1, 0.15) is 6.92 Å². The molecule has 0 heterocycles. The van der Waals surface area contributed by atoms with Gasteiger partial charge >= 0.3 is 0 Å². The molecular weight excluding hydrogens is 136 g/mol. The second-order valence-electron chi connectivity index (χ2n) is 1.51. The fourth-order valence-electron chi connectivity index (χ4n) is 0.343. The number of ether oxygens (including phenoxy) is 2. The van der Waals surface area contributed by atoms with Crippen molar-refractivity contribution in [2.75, 3.05) is 26.6 Å². The Labute approximate surface area is 58.8 Å². The summed E-state index contributed by atoms with van der Waals surface area (Å²) in [6, 6.07) is 0. The molecule has 0 fully saturated rings. The van der Waals surface area contributed by atoms with Gasteiger partial charge in [0.05, 0.1) is 13.2 Å². The Hall–Kier alpha value is 0.0969. The molecule has 9 heavy (non-hydrogen) atoms. The van der Waals surface area contributed by atoms with E-state index in [1.807, 2.05) is 6.92 Å². The molecule has 0 saturated carbocycles. The summed E-state index contributed by atoms with van der Waals surface area (Å²) in [5.41, 5.74) is 0. The van der Waals surface area contributed by atoms with E-state index in [-0.39, 0.29) is 0 Å². The van der Waals surface area contributed by atoms with Crippen molar-refractivity contribution < 1.29 is 13.9 Å². The van der Waals surface area contributed by atoms with Gasteiger partial charge in [0.2, 0.25) is 0 Å². The van der Waals surface area contributed by atoms with Crippen LogP contribution in [-0.2, 0) is 13.9 Å². The summed E-state index contributed by atoms with van der Waals surface area (Å²) < 4.78 is 14.8. The standard InChI is InChI=1S/C5H14O3Si/c1-2-6-5-7-3-4-8-9/h2-5H2,1,9H3. The summed E-state index contributed by atoms with van der Waals surface area (Å²) in [5, 5.41) is 0. The van der Waals surface area contributed by atoms with Crippen LogP contribution in [0, 0.1) is 0 Å². The molecule has 0 aromatic carbocycles. The lowest BCUT2D eigenvalue weighted by molar-refractivity contribution is -0.0557. The molecule has 0 radical (unpaired) electrons. The molecule has 0 aliphatic carbocycles. The second-order valence-corrected chi connectivity index (χ2v) is 2.09. The molecule has 0 spiro atoms. The van der Waals surface area contributed by atoms with Crippen LogP contribution in [0.25, 0.3) is 0 Å². The summed E-state index contributed by atoms with van der Waals surface area (Å²) in [6.07, 6.45) is 0. The number of hydrogen-bond donors (Lipinski definition) is 0. The van der Waals surface area contributed by atoms with Gasteiger partial charge in [0, 0.05) is 6.61 Å². The third-order valence-corrected chi connectivity index (χ3v) is 1.21. The molecule has 0 aromatic rings. The average Bonchev–Trinajstić information content (AvgIpc) is 1.89. The first kappa shape index (κ1) is 9.10. The maximum Gasteiger partial charge on any atom is 0.146 e. The lowest BCUT2D eigenvalue weighted by Crippen LogP contribution is -2.05. The highest BCUT2D eigenvalue weighted by atomic mass is 28.2. The van der Waals surface area contributed by atoms with Crippen molar-refractivity contribution in [3.63, 3.8) is 0 Å². The van der Waals surface area contributed by atoms with Crippen molar-refractivity contribution in [1.29, 1.82) is 0 Å². The molecule has 0 bridgehead atoms. The topological polar surface area (TPSA) is 27.7 Å². The molecule has 0 aliphatic rings. The normalized spacial score (nSPS) is 10.3. The van der Waals surface area contributed by atoms with E-state index >= 15 is 0 Å². The van der Waals surface area contributed by atoms with Gasteiger partial charge < -0.3 is 13.9 Å². The van der Waals surface area contributed by atoms with Crippen molar-refractivity contribution in [2.45, 2.75) is 6.92 Å². The van der Waals surface area contributed by atoms with Gasteiger partial charge in [0.1, 0.15) is 17.3 Å². The van der Waals surface area contributed by atoms with Crippen LogP contribution in [0.4, 0.5) is 0 Å². The highest BCUT2D eigenvalue weighted by Crippen LogP contribution is 1.77. The Bertz CT molecular complexity index is 45.5. The van der Waals surface area contributed by atoms with E-state index in [1.54, 1.807) is 0 Å². The average molecular weight is 150 g/mol. The zero-order valence-corrected chi connectivity index (χ0v) is 8.05. The first-order valence-corrected chi connectivity index (χ1v) is 3.88. The number of hydrogen-bond acceptors (Lipinski definition) is 3. The predicted molar refractivity (Wildman–Crippen MR) is 38.3 cm³/mol. The number of rotatable bonds is 6. The van der Waals surface area contributed by atoms with Crippen LogP contribution in [0.15, 0.2) is 0 Å². The molecule has 0 atom stereocenters. The maximum atomic E-state index is 4.99. The molecular formula is C5H14O3Si. The minimum absolute atomic E-state index is 0.390. The zero-order valence-electron chi connectivity index (χ0n) is 6.05. The minimum atomic E-state index is 0.390. The van der Waals surface area contributed by atoms with Gasteiger partial charge in [0.15, 0.2) is 0 Å².